The van der Waals surface area contributed by atoms with Gasteiger partial charge in [0, 0.05) is 0 Å². The Morgan fingerprint density at radius 1 is 1.00 bits per heavy atom. The molecular weight excluding hydrogens is 196 g/mol. The lowest BCUT2D eigenvalue weighted by Gasteiger charge is -2.34. The smallest absolute Gasteiger partial charge is 0.0687 e. The summed E-state index contributed by atoms with van der Waals surface area (Å²) in [6.45, 7) is 13.0. The van der Waals surface area contributed by atoms with Crippen molar-refractivity contribution in [3.05, 3.63) is 23.3 Å². The van der Waals surface area contributed by atoms with E-state index < -0.39 is 0 Å². The Morgan fingerprint density at radius 2 is 1.50 bits per heavy atom. The van der Waals surface area contributed by atoms with Crippen LogP contribution in [0.15, 0.2) is 23.3 Å². The highest BCUT2D eigenvalue weighted by Crippen LogP contribution is 2.36. The molecule has 0 bridgehead atoms. The highest BCUT2D eigenvalue weighted by molar-refractivity contribution is 6.01. The van der Waals surface area contributed by atoms with Crippen LogP contribution in [-0.2, 0) is 0 Å². The van der Waals surface area contributed by atoms with Gasteiger partial charge in [0.15, 0.2) is 0 Å². The third-order valence-electron chi connectivity index (χ3n) is 3.02. The molecule has 1 rings (SSSR count). The largest absolute Gasteiger partial charge is 0.319 e. The molecule has 1 atom stereocenters. The molecule has 1 unspecified atom stereocenters. The van der Waals surface area contributed by atoms with E-state index in [2.05, 4.69) is 47.6 Å². The Hall–Kier alpha value is -0.890. The summed E-state index contributed by atoms with van der Waals surface area (Å²) in [4.78, 5) is 0. The average Bonchev–Trinajstić information content (AvgIpc) is 2.05. The first-order valence-corrected chi connectivity index (χ1v) is 5.82. The number of nitrogens with two attached hydrogens (primary N) is 1. The molecule has 0 spiro atoms. The second-order valence-corrected chi connectivity index (χ2v) is 6.63. The van der Waals surface area contributed by atoms with Gasteiger partial charge in [-0.05, 0) is 28.1 Å². The average molecular weight is 220 g/mol. The molecule has 0 aliphatic heterocycles. The maximum Gasteiger partial charge on any atom is 0.0687 e. The quantitative estimate of drug-likeness (QED) is 0.646. The molecule has 0 radical (unpaired) electrons. The van der Waals surface area contributed by atoms with E-state index in [-0.39, 0.29) is 16.9 Å². The van der Waals surface area contributed by atoms with Crippen LogP contribution in [0.25, 0.3) is 0 Å². The van der Waals surface area contributed by atoms with Gasteiger partial charge in [0.2, 0.25) is 0 Å². The van der Waals surface area contributed by atoms with Crippen molar-refractivity contribution in [2.75, 3.05) is 0 Å². The summed E-state index contributed by atoms with van der Waals surface area (Å²) in [5.41, 5.74) is 9.05. The zero-order valence-corrected chi connectivity index (χ0v) is 11.3. The predicted molar refractivity (Wildman–Crippen MR) is 70.8 cm³/mol. The minimum atomic E-state index is -0.244. The SMILES string of the molecule is CC(C)(C)C1=CC(=N)C(N)C(C(C)(C)C)=C1. The lowest BCUT2D eigenvalue weighted by Crippen LogP contribution is -2.39. The zero-order valence-electron chi connectivity index (χ0n) is 11.3. The highest BCUT2D eigenvalue weighted by Gasteiger charge is 2.30. The summed E-state index contributed by atoms with van der Waals surface area (Å²) in [6, 6.07) is -0.244. The van der Waals surface area contributed by atoms with Crippen LogP contribution in [0.3, 0.4) is 0 Å². The first kappa shape index (κ1) is 13.2. The van der Waals surface area contributed by atoms with Gasteiger partial charge in [-0.25, -0.2) is 0 Å². The van der Waals surface area contributed by atoms with Crippen LogP contribution in [-0.4, -0.2) is 11.8 Å². The Labute approximate surface area is 99.1 Å². The van der Waals surface area contributed by atoms with E-state index >= 15 is 0 Å². The molecule has 0 saturated heterocycles. The van der Waals surface area contributed by atoms with Crippen LogP contribution in [0.4, 0.5) is 0 Å². The molecule has 2 nitrogen and oxygen atoms in total. The summed E-state index contributed by atoms with van der Waals surface area (Å²) < 4.78 is 0. The van der Waals surface area contributed by atoms with Crippen LogP contribution in [0.1, 0.15) is 41.5 Å². The maximum absolute atomic E-state index is 7.97. The van der Waals surface area contributed by atoms with Crippen LogP contribution < -0.4 is 5.73 Å². The minimum Gasteiger partial charge on any atom is -0.319 e. The normalized spacial score (nSPS) is 22.9. The van der Waals surface area contributed by atoms with E-state index in [1.54, 1.807) is 0 Å². The van der Waals surface area contributed by atoms with Gasteiger partial charge in [0.05, 0.1) is 11.8 Å². The molecular formula is C14H24N2. The predicted octanol–water partition coefficient (Wildman–Crippen LogP) is 3.29. The van der Waals surface area contributed by atoms with E-state index in [1.807, 2.05) is 6.08 Å². The number of hydrogen-bond donors (Lipinski definition) is 2. The maximum atomic E-state index is 7.97. The van der Waals surface area contributed by atoms with Crippen molar-refractivity contribution >= 4 is 5.71 Å². The first-order valence-electron chi connectivity index (χ1n) is 5.82. The van der Waals surface area contributed by atoms with Crippen LogP contribution in [0.2, 0.25) is 0 Å². The second-order valence-electron chi connectivity index (χ2n) is 6.63. The number of allylic oxidation sites excluding steroid dienone is 2. The molecule has 2 heteroatoms. The minimum absolute atomic E-state index is 0.0243. The van der Waals surface area contributed by atoms with E-state index in [4.69, 9.17) is 11.1 Å². The van der Waals surface area contributed by atoms with E-state index in [9.17, 15) is 0 Å². The molecule has 0 heterocycles. The third-order valence-corrected chi connectivity index (χ3v) is 3.02. The lowest BCUT2D eigenvalue weighted by molar-refractivity contribution is 0.470. The highest BCUT2D eigenvalue weighted by atomic mass is 14.7. The Balaban J connectivity index is 3.23. The molecule has 0 aromatic heterocycles. The van der Waals surface area contributed by atoms with Gasteiger partial charge in [-0.15, -0.1) is 0 Å². The molecule has 90 valence electrons. The van der Waals surface area contributed by atoms with Crippen LogP contribution in [0.5, 0.6) is 0 Å². The van der Waals surface area contributed by atoms with Crippen molar-refractivity contribution in [2.24, 2.45) is 16.6 Å². The fourth-order valence-corrected chi connectivity index (χ4v) is 1.84. The third kappa shape index (κ3) is 2.62. The molecule has 0 aromatic carbocycles. The summed E-state index contributed by atoms with van der Waals surface area (Å²) in [7, 11) is 0. The van der Waals surface area contributed by atoms with Crippen molar-refractivity contribution in [1.29, 1.82) is 5.41 Å². The van der Waals surface area contributed by atoms with E-state index in [0.717, 1.165) is 5.57 Å². The van der Waals surface area contributed by atoms with Gasteiger partial charge in [-0.2, -0.15) is 0 Å². The fraction of sp³-hybridized carbons (Fsp3) is 0.643. The summed E-state index contributed by atoms with van der Waals surface area (Å²) in [5, 5.41) is 7.97. The summed E-state index contributed by atoms with van der Waals surface area (Å²) in [5.74, 6) is 0. The van der Waals surface area contributed by atoms with Crippen molar-refractivity contribution in [2.45, 2.75) is 47.6 Å². The molecule has 0 fully saturated rings. The number of rotatable bonds is 0. The van der Waals surface area contributed by atoms with E-state index in [1.165, 1.54) is 5.57 Å². The fourth-order valence-electron chi connectivity index (χ4n) is 1.84. The summed E-state index contributed by atoms with van der Waals surface area (Å²) in [6.07, 6.45) is 4.10. The Morgan fingerprint density at radius 3 is 1.88 bits per heavy atom. The lowest BCUT2D eigenvalue weighted by atomic mass is 9.73. The van der Waals surface area contributed by atoms with Crippen molar-refractivity contribution < 1.29 is 0 Å². The molecule has 16 heavy (non-hydrogen) atoms. The van der Waals surface area contributed by atoms with Gasteiger partial charge in [-0.3, -0.25) is 0 Å². The summed E-state index contributed by atoms with van der Waals surface area (Å²) >= 11 is 0. The van der Waals surface area contributed by atoms with Gasteiger partial charge in [0.25, 0.3) is 0 Å². The molecule has 0 amide bonds. The standard InChI is InChI=1S/C14H24N2/c1-13(2,3)9-7-10(14(4,5)6)12(16)11(15)8-9/h7-8,12,15H,16H2,1-6H3. The molecule has 0 saturated carbocycles. The first-order chi connectivity index (χ1) is 7.03. The molecule has 0 aromatic rings. The number of nitrogens with one attached hydrogen (secondary N) is 1. The van der Waals surface area contributed by atoms with Crippen LogP contribution in [0, 0.1) is 16.2 Å². The van der Waals surface area contributed by atoms with Gasteiger partial charge in [-0.1, -0.05) is 47.6 Å². The van der Waals surface area contributed by atoms with Crippen molar-refractivity contribution in [3.8, 4) is 0 Å². The van der Waals surface area contributed by atoms with Gasteiger partial charge in [0.1, 0.15) is 0 Å². The van der Waals surface area contributed by atoms with Gasteiger partial charge >= 0.3 is 0 Å². The molecule has 3 N–H and O–H groups in total. The second kappa shape index (κ2) is 3.85. The number of hydrogen-bond acceptors (Lipinski definition) is 2. The van der Waals surface area contributed by atoms with Crippen molar-refractivity contribution in [3.63, 3.8) is 0 Å². The van der Waals surface area contributed by atoms with Gasteiger partial charge < -0.3 is 11.1 Å². The van der Waals surface area contributed by atoms with E-state index in [0.29, 0.717) is 5.71 Å². The zero-order chi connectivity index (χ0) is 12.7. The molecule has 1 aliphatic carbocycles. The molecule has 1 aliphatic rings. The van der Waals surface area contributed by atoms with Crippen molar-refractivity contribution in [1.82, 2.24) is 0 Å². The van der Waals surface area contributed by atoms with Crippen LogP contribution >= 0.6 is 0 Å². The monoisotopic (exact) mass is 220 g/mol. The Bertz CT molecular complexity index is 359. The Kier molecular flexibility index (Phi) is 3.17. The topological polar surface area (TPSA) is 49.9 Å².